The Morgan fingerprint density at radius 1 is 1.24 bits per heavy atom. The van der Waals surface area contributed by atoms with E-state index in [1.165, 1.54) is 0 Å². The summed E-state index contributed by atoms with van der Waals surface area (Å²) in [6, 6.07) is 8.93. The Morgan fingerprint density at radius 3 is 2.65 bits per heavy atom. The Kier molecular flexibility index (Phi) is 7.64. The van der Waals surface area contributed by atoms with E-state index in [-0.39, 0.29) is 29.6 Å². The van der Waals surface area contributed by atoms with Crippen molar-refractivity contribution in [3.63, 3.8) is 0 Å². The van der Waals surface area contributed by atoms with E-state index in [1.54, 1.807) is 30.3 Å². The lowest BCUT2D eigenvalue weighted by molar-refractivity contribution is 0.0985. The molecule has 2 fully saturated rings. The topological polar surface area (TPSA) is 134 Å². The lowest BCUT2D eigenvalue weighted by Gasteiger charge is -2.34. The van der Waals surface area contributed by atoms with Crippen LogP contribution in [-0.4, -0.2) is 73.7 Å². The molecule has 4 rings (SSSR count). The second kappa shape index (κ2) is 10.7. The number of rotatable bonds is 8. The minimum Gasteiger partial charge on any atom is -0.395 e. The standard InChI is InChI=1S/C23H31N5O5S/c1-16-14-33-11-9-28(16)21-13-20(15-34(31,32)12-10-29)24-22(27-21)17-5-7-19(8-6-17)26-23(30)25-18-3-2-4-18/h5-8,13,16,18,29H,2-4,9-12,14-15H2,1H3,(H2,25,26,30)/t16-/m0/s1. The van der Waals surface area contributed by atoms with Crippen LogP contribution in [0.5, 0.6) is 0 Å². The number of aliphatic hydroxyl groups excluding tert-OH is 1. The van der Waals surface area contributed by atoms with Gasteiger partial charge in [-0.05, 0) is 50.5 Å². The van der Waals surface area contributed by atoms with E-state index in [4.69, 9.17) is 14.8 Å². The van der Waals surface area contributed by atoms with Gasteiger partial charge in [0.25, 0.3) is 0 Å². The first kappa shape index (κ1) is 24.4. The molecule has 1 aromatic heterocycles. The molecule has 11 heteroatoms. The number of carbonyl (C=O) groups is 1. The summed E-state index contributed by atoms with van der Waals surface area (Å²) < 4.78 is 30.2. The van der Waals surface area contributed by atoms with Crippen LogP contribution in [0.4, 0.5) is 16.3 Å². The predicted molar refractivity (Wildman–Crippen MR) is 129 cm³/mol. The number of sulfone groups is 1. The molecule has 2 aliphatic rings. The molecule has 1 atom stereocenters. The highest BCUT2D eigenvalue weighted by Gasteiger charge is 2.23. The summed E-state index contributed by atoms with van der Waals surface area (Å²) in [6.07, 6.45) is 3.17. The van der Waals surface area contributed by atoms with Crippen molar-refractivity contribution in [2.75, 3.05) is 42.3 Å². The summed E-state index contributed by atoms with van der Waals surface area (Å²) in [5.74, 6) is 0.433. The van der Waals surface area contributed by atoms with Crippen LogP contribution in [0, 0.1) is 0 Å². The molecule has 34 heavy (non-hydrogen) atoms. The van der Waals surface area contributed by atoms with E-state index in [2.05, 4.69) is 20.5 Å². The maximum absolute atomic E-state index is 12.3. The van der Waals surface area contributed by atoms with Gasteiger partial charge in [0.05, 0.1) is 43.1 Å². The van der Waals surface area contributed by atoms with Crippen molar-refractivity contribution in [2.45, 2.75) is 44.0 Å². The van der Waals surface area contributed by atoms with Crippen molar-refractivity contribution in [3.8, 4) is 11.4 Å². The number of nitrogens with one attached hydrogen (secondary N) is 2. The van der Waals surface area contributed by atoms with Gasteiger partial charge in [-0.2, -0.15) is 0 Å². The number of anilines is 2. The lowest BCUT2D eigenvalue weighted by atomic mass is 9.93. The van der Waals surface area contributed by atoms with E-state index >= 15 is 0 Å². The van der Waals surface area contributed by atoms with Crippen molar-refractivity contribution >= 4 is 27.4 Å². The van der Waals surface area contributed by atoms with Crippen LogP contribution in [-0.2, 0) is 20.3 Å². The molecule has 3 N–H and O–H groups in total. The van der Waals surface area contributed by atoms with Crippen LogP contribution in [0.25, 0.3) is 11.4 Å². The number of ether oxygens (including phenoxy) is 1. The van der Waals surface area contributed by atoms with Crippen molar-refractivity contribution in [1.29, 1.82) is 0 Å². The number of carbonyl (C=O) groups excluding carboxylic acids is 1. The van der Waals surface area contributed by atoms with E-state index in [0.717, 1.165) is 19.3 Å². The number of aliphatic hydroxyl groups is 1. The number of amides is 2. The number of morpholine rings is 1. The van der Waals surface area contributed by atoms with Gasteiger partial charge in [-0.3, -0.25) is 0 Å². The number of hydrogen-bond acceptors (Lipinski definition) is 8. The van der Waals surface area contributed by atoms with Crippen molar-refractivity contribution < 1.29 is 23.1 Å². The van der Waals surface area contributed by atoms with Gasteiger partial charge in [0.15, 0.2) is 15.7 Å². The first-order chi connectivity index (χ1) is 16.3. The van der Waals surface area contributed by atoms with E-state index in [0.29, 0.717) is 48.3 Å². The van der Waals surface area contributed by atoms with Gasteiger partial charge in [0, 0.05) is 29.9 Å². The highest BCUT2D eigenvalue weighted by atomic mass is 32.2. The first-order valence-electron chi connectivity index (χ1n) is 11.5. The smallest absolute Gasteiger partial charge is 0.319 e. The Hall–Kier alpha value is -2.76. The van der Waals surface area contributed by atoms with E-state index in [1.807, 2.05) is 6.92 Å². The molecule has 0 radical (unpaired) electrons. The highest BCUT2D eigenvalue weighted by Crippen LogP contribution is 2.25. The molecule has 184 valence electrons. The van der Waals surface area contributed by atoms with Gasteiger partial charge in [-0.1, -0.05) is 0 Å². The third kappa shape index (κ3) is 6.22. The first-order valence-corrected chi connectivity index (χ1v) is 13.4. The molecule has 1 saturated heterocycles. The Bertz CT molecular complexity index is 1110. The van der Waals surface area contributed by atoms with Crippen LogP contribution in [0.15, 0.2) is 30.3 Å². The fourth-order valence-electron chi connectivity index (χ4n) is 3.95. The minimum absolute atomic E-state index is 0.0826. The lowest BCUT2D eigenvalue weighted by Crippen LogP contribution is -2.44. The Morgan fingerprint density at radius 2 is 2.00 bits per heavy atom. The molecule has 2 heterocycles. The van der Waals surface area contributed by atoms with Gasteiger partial charge in [-0.15, -0.1) is 0 Å². The van der Waals surface area contributed by atoms with E-state index in [9.17, 15) is 13.2 Å². The predicted octanol–water partition coefficient (Wildman–Crippen LogP) is 1.95. The van der Waals surface area contributed by atoms with Crippen molar-refractivity contribution in [1.82, 2.24) is 15.3 Å². The minimum atomic E-state index is -3.51. The van der Waals surface area contributed by atoms with Crippen LogP contribution < -0.4 is 15.5 Å². The average Bonchev–Trinajstić information content (AvgIpc) is 2.76. The molecule has 2 amide bonds. The second-order valence-electron chi connectivity index (χ2n) is 8.78. The third-order valence-corrected chi connectivity index (χ3v) is 7.58. The summed E-state index contributed by atoms with van der Waals surface area (Å²) in [5, 5.41) is 14.9. The fraction of sp³-hybridized carbons (Fsp3) is 0.522. The van der Waals surface area contributed by atoms with Crippen LogP contribution in [0.3, 0.4) is 0 Å². The summed E-state index contributed by atoms with van der Waals surface area (Å²) in [4.78, 5) is 23.4. The zero-order valence-corrected chi connectivity index (χ0v) is 20.1. The normalized spacial score (nSPS) is 18.9. The number of hydrogen-bond donors (Lipinski definition) is 3. The summed E-state index contributed by atoms with van der Waals surface area (Å²) in [6.45, 7) is 3.35. The molecular weight excluding hydrogens is 458 g/mol. The van der Waals surface area contributed by atoms with Gasteiger partial charge >= 0.3 is 6.03 Å². The summed E-state index contributed by atoms with van der Waals surface area (Å²) >= 11 is 0. The number of aromatic nitrogens is 2. The molecule has 1 aliphatic heterocycles. The largest absolute Gasteiger partial charge is 0.395 e. The zero-order valence-electron chi connectivity index (χ0n) is 19.2. The molecule has 2 aromatic rings. The van der Waals surface area contributed by atoms with Gasteiger partial charge in [0.2, 0.25) is 0 Å². The fourth-order valence-corrected chi connectivity index (χ4v) is 4.97. The van der Waals surface area contributed by atoms with Crippen molar-refractivity contribution in [2.24, 2.45) is 0 Å². The number of nitrogens with zero attached hydrogens (tertiary/aromatic N) is 3. The summed E-state index contributed by atoms with van der Waals surface area (Å²) in [7, 11) is -3.51. The van der Waals surface area contributed by atoms with E-state index < -0.39 is 16.4 Å². The Labute approximate surface area is 199 Å². The maximum atomic E-state index is 12.3. The second-order valence-corrected chi connectivity index (χ2v) is 11.0. The van der Waals surface area contributed by atoms with Gasteiger partial charge < -0.3 is 25.4 Å². The maximum Gasteiger partial charge on any atom is 0.319 e. The number of benzene rings is 1. The molecule has 0 bridgehead atoms. The molecule has 0 spiro atoms. The zero-order chi connectivity index (χ0) is 24.1. The average molecular weight is 490 g/mol. The van der Waals surface area contributed by atoms with Crippen LogP contribution in [0.2, 0.25) is 0 Å². The highest BCUT2D eigenvalue weighted by molar-refractivity contribution is 7.90. The van der Waals surface area contributed by atoms with Crippen molar-refractivity contribution in [3.05, 3.63) is 36.0 Å². The Balaban J connectivity index is 1.58. The molecule has 1 saturated carbocycles. The molecular formula is C23H31N5O5S. The summed E-state index contributed by atoms with van der Waals surface area (Å²) in [5.41, 5.74) is 1.71. The van der Waals surface area contributed by atoms with Gasteiger partial charge in [0.1, 0.15) is 5.82 Å². The quantitative estimate of drug-likeness (QED) is 0.512. The van der Waals surface area contributed by atoms with Gasteiger partial charge in [-0.25, -0.2) is 23.2 Å². The molecule has 1 aliphatic carbocycles. The van der Waals surface area contributed by atoms with Crippen LogP contribution in [0.1, 0.15) is 31.9 Å². The molecule has 0 unspecified atom stereocenters. The SMILES string of the molecule is C[C@H]1COCCN1c1cc(CS(=O)(=O)CCO)nc(-c2ccc(NC(=O)NC3CCC3)cc2)n1. The molecule has 1 aromatic carbocycles. The van der Waals surface area contributed by atoms with Crippen LogP contribution >= 0.6 is 0 Å². The number of urea groups is 1. The third-order valence-electron chi connectivity index (χ3n) is 6.04. The monoisotopic (exact) mass is 489 g/mol. The molecule has 10 nitrogen and oxygen atoms in total.